The molecule has 0 saturated heterocycles. The molecule has 4 heteroatoms. The Hall–Kier alpha value is -0.770. The molecule has 78 valence electrons. The van der Waals surface area contributed by atoms with Gasteiger partial charge >= 0.3 is 0 Å². The van der Waals surface area contributed by atoms with Gasteiger partial charge in [0.25, 0.3) is 0 Å². The lowest BCUT2D eigenvalue weighted by Gasteiger charge is -2.19. The Bertz CT molecular complexity index is 320. The second-order valence-electron chi connectivity index (χ2n) is 4.07. The summed E-state index contributed by atoms with van der Waals surface area (Å²) in [6.45, 7) is 5.98. The van der Waals surface area contributed by atoms with Crippen molar-refractivity contribution in [2.45, 2.75) is 31.1 Å². The molecular formula is C10H12F2OS. The Morgan fingerprint density at radius 3 is 2.36 bits per heavy atom. The fraction of sp³-hybridized carbons (Fsp3) is 0.400. The molecule has 0 bridgehead atoms. The first-order valence-electron chi connectivity index (χ1n) is 4.20. The molecule has 0 heterocycles. The SMILES string of the molecule is CC(C)(C)c1ccc(SF)c(OF)c1. The van der Waals surface area contributed by atoms with Crippen LogP contribution in [-0.2, 0) is 5.41 Å². The highest BCUT2D eigenvalue weighted by molar-refractivity contribution is 7.94. The predicted molar refractivity (Wildman–Crippen MR) is 53.8 cm³/mol. The molecule has 1 aromatic rings. The van der Waals surface area contributed by atoms with Crippen LogP contribution in [0.3, 0.4) is 0 Å². The maximum Gasteiger partial charge on any atom is 0.188 e. The van der Waals surface area contributed by atoms with Crippen LogP contribution < -0.4 is 4.94 Å². The minimum atomic E-state index is -0.104. The van der Waals surface area contributed by atoms with Gasteiger partial charge in [-0.25, -0.2) is 0 Å². The third-order valence-corrected chi connectivity index (χ3v) is 2.48. The monoisotopic (exact) mass is 218 g/mol. The zero-order valence-electron chi connectivity index (χ0n) is 8.30. The standard InChI is InChI=1S/C10H12F2OS/c1-10(2,3)7-4-5-9(14-12)8(6-7)13-11/h4-6H,1-3H3. The number of hydrogen-bond acceptors (Lipinski definition) is 2. The summed E-state index contributed by atoms with van der Waals surface area (Å²) in [7, 11) is 0. The Morgan fingerprint density at radius 2 is 1.93 bits per heavy atom. The minimum Gasteiger partial charge on any atom is -0.293 e. The van der Waals surface area contributed by atoms with Crippen LogP contribution in [0, 0.1) is 0 Å². The fourth-order valence-electron chi connectivity index (χ4n) is 1.10. The molecule has 0 aromatic heterocycles. The number of halogens is 2. The molecule has 0 fully saturated rings. The van der Waals surface area contributed by atoms with Crippen molar-refractivity contribution in [1.29, 1.82) is 0 Å². The summed E-state index contributed by atoms with van der Waals surface area (Å²) >= 11 is -0.0257. The average molecular weight is 218 g/mol. The van der Waals surface area contributed by atoms with Crippen molar-refractivity contribution in [2.24, 2.45) is 0 Å². The molecule has 0 aliphatic heterocycles. The van der Waals surface area contributed by atoms with E-state index in [1.54, 1.807) is 6.07 Å². The summed E-state index contributed by atoms with van der Waals surface area (Å²) in [5, 5.41) is 0. The van der Waals surface area contributed by atoms with E-state index in [2.05, 4.69) is 4.94 Å². The van der Waals surface area contributed by atoms with E-state index in [0.29, 0.717) is 0 Å². The summed E-state index contributed by atoms with van der Waals surface area (Å²) < 4.78 is 24.3. The van der Waals surface area contributed by atoms with Crippen molar-refractivity contribution in [3.63, 3.8) is 0 Å². The van der Waals surface area contributed by atoms with E-state index < -0.39 is 0 Å². The summed E-state index contributed by atoms with van der Waals surface area (Å²) in [5.74, 6) is -0.0649. The number of rotatable bonds is 2. The highest BCUT2D eigenvalue weighted by Gasteiger charge is 2.16. The summed E-state index contributed by atoms with van der Waals surface area (Å²) in [6, 6.07) is 4.80. The van der Waals surface area contributed by atoms with E-state index in [0.717, 1.165) is 5.56 Å². The van der Waals surface area contributed by atoms with Gasteiger partial charge in [-0.05, 0) is 23.1 Å². The van der Waals surface area contributed by atoms with Crippen LogP contribution in [0.15, 0.2) is 23.1 Å². The summed E-state index contributed by atoms with van der Waals surface area (Å²) in [4.78, 5) is 3.76. The lowest BCUT2D eigenvalue weighted by Crippen LogP contribution is -2.10. The zero-order valence-corrected chi connectivity index (χ0v) is 9.12. The smallest absolute Gasteiger partial charge is 0.188 e. The van der Waals surface area contributed by atoms with Crippen molar-refractivity contribution in [1.82, 2.24) is 0 Å². The number of benzene rings is 1. The zero-order chi connectivity index (χ0) is 10.8. The van der Waals surface area contributed by atoms with Crippen molar-refractivity contribution in [3.05, 3.63) is 23.8 Å². The molecule has 0 saturated carbocycles. The second kappa shape index (κ2) is 4.17. The molecule has 0 amide bonds. The van der Waals surface area contributed by atoms with E-state index in [4.69, 9.17) is 0 Å². The topological polar surface area (TPSA) is 9.23 Å². The molecule has 14 heavy (non-hydrogen) atoms. The van der Waals surface area contributed by atoms with Crippen LogP contribution in [0.5, 0.6) is 5.75 Å². The fourth-order valence-corrected chi connectivity index (χ4v) is 1.38. The predicted octanol–water partition coefficient (Wildman–Crippen LogP) is 4.22. The highest BCUT2D eigenvalue weighted by Crippen LogP contribution is 2.34. The van der Waals surface area contributed by atoms with Gasteiger partial charge in [0, 0.05) is 4.53 Å². The molecule has 0 radical (unpaired) electrons. The molecule has 0 aliphatic rings. The Labute approximate surface area is 86.7 Å². The van der Waals surface area contributed by atoms with Gasteiger partial charge in [0.05, 0.1) is 17.0 Å². The first-order chi connectivity index (χ1) is 6.49. The van der Waals surface area contributed by atoms with Crippen LogP contribution in [0.1, 0.15) is 26.3 Å². The molecule has 0 unspecified atom stereocenters. The summed E-state index contributed by atoms with van der Waals surface area (Å²) in [5.41, 5.74) is 0.801. The molecule has 1 rings (SSSR count). The van der Waals surface area contributed by atoms with E-state index in [1.165, 1.54) is 12.1 Å². The quantitative estimate of drug-likeness (QED) is 0.734. The van der Waals surface area contributed by atoms with Gasteiger partial charge in [-0.1, -0.05) is 26.8 Å². The molecule has 0 aliphatic carbocycles. The van der Waals surface area contributed by atoms with Gasteiger partial charge in [-0.15, -0.1) is 0 Å². The van der Waals surface area contributed by atoms with Crippen LogP contribution in [-0.4, -0.2) is 0 Å². The number of hydrogen-bond donors (Lipinski definition) is 0. The Kier molecular flexibility index (Phi) is 3.37. The minimum absolute atomic E-state index is 0.0257. The third kappa shape index (κ3) is 2.38. The molecule has 1 nitrogen and oxygen atoms in total. The van der Waals surface area contributed by atoms with Crippen molar-refractivity contribution < 1.29 is 13.4 Å². The van der Waals surface area contributed by atoms with Gasteiger partial charge < -0.3 is 0 Å². The van der Waals surface area contributed by atoms with E-state index in [1.807, 2.05) is 20.8 Å². The van der Waals surface area contributed by atoms with E-state index in [9.17, 15) is 8.41 Å². The lowest BCUT2D eigenvalue weighted by molar-refractivity contribution is -0.00981. The normalized spacial score (nSPS) is 11.5. The van der Waals surface area contributed by atoms with Gasteiger partial charge in [0.2, 0.25) is 0 Å². The van der Waals surface area contributed by atoms with Crippen LogP contribution in [0.4, 0.5) is 8.41 Å². The Balaban J connectivity index is 3.14. The van der Waals surface area contributed by atoms with Gasteiger partial charge in [-0.2, -0.15) is 3.89 Å². The van der Waals surface area contributed by atoms with Crippen LogP contribution >= 0.6 is 12.1 Å². The third-order valence-electron chi connectivity index (χ3n) is 1.98. The molecule has 0 atom stereocenters. The maximum atomic E-state index is 12.3. The Morgan fingerprint density at radius 1 is 1.29 bits per heavy atom. The molecule has 0 N–H and O–H groups in total. The van der Waals surface area contributed by atoms with Crippen LogP contribution in [0.2, 0.25) is 0 Å². The second-order valence-corrected chi connectivity index (χ2v) is 4.66. The van der Waals surface area contributed by atoms with Gasteiger partial charge in [-0.3, -0.25) is 4.94 Å². The van der Waals surface area contributed by atoms with Crippen molar-refractivity contribution in [3.8, 4) is 5.75 Å². The first-order valence-corrected chi connectivity index (χ1v) is 4.92. The average Bonchev–Trinajstić information content (AvgIpc) is 2.15. The lowest BCUT2D eigenvalue weighted by atomic mass is 9.87. The maximum absolute atomic E-state index is 12.3. The molecule has 0 spiro atoms. The largest absolute Gasteiger partial charge is 0.293 e. The van der Waals surface area contributed by atoms with E-state index >= 15 is 0 Å². The van der Waals surface area contributed by atoms with Crippen molar-refractivity contribution in [2.75, 3.05) is 0 Å². The molecular weight excluding hydrogens is 206 g/mol. The van der Waals surface area contributed by atoms with Crippen LogP contribution in [0.25, 0.3) is 0 Å². The van der Waals surface area contributed by atoms with Gasteiger partial charge in [0.15, 0.2) is 5.75 Å². The van der Waals surface area contributed by atoms with E-state index in [-0.39, 0.29) is 28.2 Å². The highest BCUT2D eigenvalue weighted by atomic mass is 32.2. The summed E-state index contributed by atoms with van der Waals surface area (Å²) in [6.07, 6.45) is 0. The van der Waals surface area contributed by atoms with Crippen molar-refractivity contribution >= 4 is 12.1 Å². The first kappa shape index (κ1) is 11.3. The molecule has 1 aromatic carbocycles. The van der Waals surface area contributed by atoms with Gasteiger partial charge in [0.1, 0.15) is 0 Å².